The molecule has 0 aliphatic rings. The average Bonchev–Trinajstić information content (AvgIpc) is 2.36. The highest BCUT2D eigenvalue weighted by molar-refractivity contribution is 6.30. The van der Waals surface area contributed by atoms with Crippen LogP contribution in [-0.4, -0.2) is 23.9 Å². The molecule has 0 saturated carbocycles. The van der Waals surface area contributed by atoms with Gasteiger partial charge < -0.3 is 4.90 Å². The molecule has 19 heavy (non-hydrogen) atoms. The summed E-state index contributed by atoms with van der Waals surface area (Å²) in [4.78, 5) is 13.8. The number of halogens is 2. The Labute approximate surface area is 117 Å². The highest BCUT2D eigenvalue weighted by Crippen LogP contribution is 2.17. The summed E-state index contributed by atoms with van der Waals surface area (Å²) >= 11 is 5.59. The lowest BCUT2D eigenvalue weighted by Crippen LogP contribution is -2.35. The summed E-state index contributed by atoms with van der Waals surface area (Å²) in [5.74, 6) is -0.614. The van der Waals surface area contributed by atoms with Crippen molar-refractivity contribution in [1.29, 1.82) is 5.26 Å². The third kappa shape index (κ3) is 4.53. The van der Waals surface area contributed by atoms with Crippen LogP contribution in [0.25, 0.3) is 0 Å². The van der Waals surface area contributed by atoms with E-state index in [1.807, 2.05) is 19.9 Å². The third-order valence-electron chi connectivity index (χ3n) is 2.53. The number of carbonyl (C=O) groups excluding carboxylic acids is 1. The van der Waals surface area contributed by atoms with Crippen LogP contribution in [0.3, 0.4) is 0 Å². The van der Waals surface area contributed by atoms with E-state index in [2.05, 4.69) is 0 Å². The minimum absolute atomic E-state index is 0.0102. The van der Waals surface area contributed by atoms with Crippen LogP contribution in [0.2, 0.25) is 5.02 Å². The van der Waals surface area contributed by atoms with Gasteiger partial charge in [0, 0.05) is 18.7 Å². The monoisotopic (exact) mass is 282 g/mol. The number of nitrogens with zero attached hydrogens (tertiary/aromatic N) is 2. The van der Waals surface area contributed by atoms with Gasteiger partial charge in [-0.2, -0.15) is 5.26 Å². The predicted molar refractivity (Wildman–Crippen MR) is 72.4 cm³/mol. The van der Waals surface area contributed by atoms with Crippen molar-refractivity contribution in [2.75, 3.05) is 13.1 Å². The van der Waals surface area contributed by atoms with Gasteiger partial charge in [0.1, 0.15) is 5.82 Å². The standard InChI is InChI=1S/C14H16ClFN2O/c1-10(2)9-18(7-3-6-17)14(19)11-4-5-12(15)13(16)8-11/h4-5,8,10H,3,7,9H2,1-2H3. The number of hydrogen-bond donors (Lipinski definition) is 0. The molecule has 0 saturated heterocycles. The average molecular weight is 283 g/mol. The van der Waals surface area contributed by atoms with Gasteiger partial charge in [-0.15, -0.1) is 0 Å². The zero-order chi connectivity index (χ0) is 14.4. The number of rotatable bonds is 5. The minimum Gasteiger partial charge on any atom is -0.337 e. The Kier molecular flexibility index (Phi) is 5.78. The Bertz CT molecular complexity index is 497. The minimum atomic E-state index is -0.614. The molecule has 102 valence electrons. The SMILES string of the molecule is CC(C)CN(CCC#N)C(=O)c1ccc(Cl)c(F)c1. The summed E-state index contributed by atoms with van der Waals surface area (Å²) in [6.07, 6.45) is 0.258. The van der Waals surface area contributed by atoms with Gasteiger partial charge in [0.15, 0.2) is 0 Å². The molecule has 0 aliphatic heterocycles. The van der Waals surface area contributed by atoms with Crippen molar-refractivity contribution >= 4 is 17.5 Å². The van der Waals surface area contributed by atoms with Gasteiger partial charge in [0.2, 0.25) is 0 Å². The quantitative estimate of drug-likeness (QED) is 0.830. The van der Waals surface area contributed by atoms with E-state index in [-0.39, 0.29) is 28.8 Å². The maximum absolute atomic E-state index is 13.4. The molecule has 0 unspecified atom stereocenters. The van der Waals surface area contributed by atoms with Gasteiger partial charge in [-0.3, -0.25) is 4.79 Å². The Morgan fingerprint density at radius 1 is 1.53 bits per heavy atom. The van der Waals surface area contributed by atoms with Gasteiger partial charge in [-0.1, -0.05) is 25.4 Å². The number of carbonyl (C=O) groups is 1. The van der Waals surface area contributed by atoms with E-state index in [0.29, 0.717) is 13.1 Å². The van der Waals surface area contributed by atoms with E-state index in [0.717, 1.165) is 6.07 Å². The maximum atomic E-state index is 13.4. The number of nitriles is 1. The van der Waals surface area contributed by atoms with Crippen molar-refractivity contribution in [2.45, 2.75) is 20.3 Å². The Balaban J connectivity index is 2.91. The van der Waals surface area contributed by atoms with Crippen molar-refractivity contribution < 1.29 is 9.18 Å². The van der Waals surface area contributed by atoms with Crippen molar-refractivity contribution in [1.82, 2.24) is 4.90 Å². The molecule has 0 aliphatic carbocycles. The molecule has 1 amide bonds. The molecule has 0 atom stereocenters. The van der Waals surface area contributed by atoms with E-state index in [4.69, 9.17) is 16.9 Å². The molecule has 5 heteroatoms. The first-order valence-electron chi connectivity index (χ1n) is 6.07. The second-order valence-corrected chi connectivity index (χ2v) is 5.09. The number of benzene rings is 1. The van der Waals surface area contributed by atoms with Crippen molar-refractivity contribution in [2.24, 2.45) is 5.92 Å². The van der Waals surface area contributed by atoms with Crippen molar-refractivity contribution in [3.8, 4) is 6.07 Å². The van der Waals surface area contributed by atoms with Crippen LogP contribution in [0.15, 0.2) is 18.2 Å². The highest BCUT2D eigenvalue weighted by atomic mass is 35.5. The second kappa shape index (κ2) is 7.10. The molecule has 0 aromatic heterocycles. The molecule has 0 bridgehead atoms. The van der Waals surface area contributed by atoms with Crippen LogP contribution in [0.4, 0.5) is 4.39 Å². The zero-order valence-corrected chi connectivity index (χ0v) is 11.7. The first-order valence-corrected chi connectivity index (χ1v) is 6.44. The normalized spacial score (nSPS) is 10.3. The van der Waals surface area contributed by atoms with Crippen molar-refractivity contribution in [3.63, 3.8) is 0 Å². The van der Waals surface area contributed by atoms with E-state index >= 15 is 0 Å². The largest absolute Gasteiger partial charge is 0.337 e. The van der Waals surface area contributed by atoms with Gasteiger partial charge in [-0.25, -0.2) is 4.39 Å². The molecule has 0 spiro atoms. The summed E-state index contributed by atoms with van der Waals surface area (Å²) in [6.45, 7) is 4.84. The highest BCUT2D eigenvalue weighted by Gasteiger charge is 2.17. The molecule has 1 aromatic carbocycles. The fourth-order valence-corrected chi connectivity index (χ4v) is 1.83. The molecule has 0 radical (unpaired) electrons. The summed E-state index contributed by atoms with van der Waals surface area (Å²) < 4.78 is 13.4. The Morgan fingerprint density at radius 2 is 2.21 bits per heavy atom. The molecule has 3 nitrogen and oxygen atoms in total. The number of hydrogen-bond acceptors (Lipinski definition) is 2. The summed E-state index contributed by atoms with van der Waals surface area (Å²) in [7, 11) is 0. The van der Waals surface area contributed by atoms with Gasteiger partial charge in [0.05, 0.1) is 17.5 Å². The first kappa shape index (κ1) is 15.5. The fourth-order valence-electron chi connectivity index (χ4n) is 1.71. The molecule has 0 heterocycles. The summed E-state index contributed by atoms with van der Waals surface area (Å²) in [5.41, 5.74) is 0.250. The van der Waals surface area contributed by atoms with E-state index in [1.54, 1.807) is 4.90 Å². The van der Waals surface area contributed by atoms with Crippen LogP contribution in [0, 0.1) is 23.1 Å². The van der Waals surface area contributed by atoms with E-state index < -0.39 is 5.82 Å². The zero-order valence-electron chi connectivity index (χ0n) is 11.0. The van der Waals surface area contributed by atoms with Gasteiger partial charge >= 0.3 is 0 Å². The number of amides is 1. The van der Waals surface area contributed by atoms with Crippen LogP contribution in [-0.2, 0) is 0 Å². The van der Waals surface area contributed by atoms with Crippen molar-refractivity contribution in [3.05, 3.63) is 34.6 Å². The third-order valence-corrected chi connectivity index (χ3v) is 2.84. The van der Waals surface area contributed by atoms with E-state index in [9.17, 15) is 9.18 Å². The molecular weight excluding hydrogens is 267 g/mol. The molecular formula is C14H16ClFN2O. The maximum Gasteiger partial charge on any atom is 0.253 e. The lowest BCUT2D eigenvalue weighted by molar-refractivity contribution is 0.0739. The summed E-state index contributed by atoms with van der Waals surface area (Å²) in [5, 5.41) is 8.61. The van der Waals surface area contributed by atoms with Gasteiger partial charge in [0.25, 0.3) is 5.91 Å². The van der Waals surface area contributed by atoms with Crippen LogP contribution < -0.4 is 0 Å². The molecule has 0 N–H and O–H groups in total. The van der Waals surface area contributed by atoms with E-state index in [1.165, 1.54) is 12.1 Å². The Morgan fingerprint density at radius 3 is 2.74 bits per heavy atom. The smallest absolute Gasteiger partial charge is 0.253 e. The van der Waals surface area contributed by atoms with Crippen LogP contribution in [0.5, 0.6) is 0 Å². The summed E-state index contributed by atoms with van der Waals surface area (Å²) in [6, 6.07) is 6.00. The fraction of sp³-hybridized carbons (Fsp3) is 0.429. The molecule has 1 aromatic rings. The van der Waals surface area contributed by atoms with Crippen LogP contribution >= 0.6 is 11.6 Å². The lowest BCUT2D eigenvalue weighted by Gasteiger charge is -2.23. The topological polar surface area (TPSA) is 44.1 Å². The van der Waals surface area contributed by atoms with Crippen LogP contribution in [0.1, 0.15) is 30.6 Å². The first-order chi connectivity index (χ1) is 8.95. The predicted octanol–water partition coefficient (Wildman–Crippen LogP) is 3.49. The Hall–Kier alpha value is -1.60. The molecule has 1 rings (SSSR count). The molecule has 0 fully saturated rings. The lowest BCUT2D eigenvalue weighted by atomic mass is 10.1. The van der Waals surface area contributed by atoms with Gasteiger partial charge in [-0.05, 0) is 24.1 Å². The second-order valence-electron chi connectivity index (χ2n) is 4.68.